The summed E-state index contributed by atoms with van der Waals surface area (Å²) >= 11 is 0. The minimum atomic E-state index is -0.386. The van der Waals surface area contributed by atoms with E-state index in [0.717, 1.165) is 24.3 Å². The number of benzene rings is 4. The van der Waals surface area contributed by atoms with Crippen molar-refractivity contribution in [2.75, 3.05) is 13.2 Å². The molecule has 1 spiro atoms. The van der Waals surface area contributed by atoms with Crippen LogP contribution in [0.2, 0.25) is 0 Å². The van der Waals surface area contributed by atoms with E-state index in [1.54, 1.807) is 0 Å². The second-order valence-electron chi connectivity index (χ2n) is 12.4. The van der Waals surface area contributed by atoms with Gasteiger partial charge in [-0.1, -0.05) is 112 Å². The van der Waals surface area contributed by atoms with Gasteiger partial charge in [-0.25, -0.2) is 0 Å². The number of ether oxygens (including phenoxy) is 2. The maximum absolute atomic E-state index is 6.60. The lowest BCUT2D eigenvalue weighted by Gasteiger charge is -2.31. The SMILES string of the molecule is Bc1ccc2c(c1)C1(c3cc(B)ccc3-2)c2cc(C)ccc2-c2cc(OCC(C)CC)c(OCC(C)CC)cc21. The van der Waals surface area contributed by atoms with Crippen molar-refractivity contribution in [2.24, 2.45) is 11.8 Å². The van der Waals surface area contributed by atoms with Crippen molar-refractivity contribution in [3.8, 4) is 33.8 Å². The van der Waals surface area contributed by atoms with Crippen molar-refractivity contribution >= 4 is 26.6 Å². The van der Waals surface area contributed by atoms with Crippen molar-refractivity contribution in [1.29, 1.82) is 0 Å². The third kappa shape index (κ3) is 4.10. The normalized spacial score (nSPS) is 15.2. The summed E-state index contributed by atoms with van der Waals surface area (Å²) in [6.45, 7) is 12.5. The lowest BCUT2D eigenvalue weighted by molar-refractivity contribution is 0.217. The lowest BCUT2D eigenvalue weighted by Crippen LogP contribution is -2.28. The van der Waals surface area contributed by atoms with Gasteiger partial charge in [-0.3, -0.25) is 0 Å². The Labute approximate surface area is 242 Å². The first-order valence-corrected chi connectivity index (χ1v) is 15.1. The smallest absolute Gasteiger partial charge is 0.161 e. The summed E-state index contributed by atoms with van der Waals surface area (Å²) < 4.78 is 13.1. The van der Waals surface area contributed by atoms with E-state index in [9.17, 15) is 0 Å². The van der Waals surface area contributed by atoms with Gasteiger partial charge in [-0.05, 0) is 75.4 Å². The maximum Gasteiger partial charge on any atom is 0.161 e. The molecule has 0 N–H and O–H groups in total. The van der Waals surface area contributed by atoms with Gasteiger partial charge in [0.1, 0.15) is 15.7 Å². The third-order valence-corrected chi connectivity index (χ3v) is 9.25. The highest BCUT2D eigenvalue weighted by molar-refractivity contribution is 6.33. The zero-order valence-electron chi connectivity index (χ0n) is 25.2. The van der Waals surface area contributed by atoms with Crippen LogP contribution in [0.4, 0.5) is 0 Å². The Morgan fingerprint density at radius 2 is 1.05 bits per heavy atom. The highest BCUT2D eigenvalue weighted by atomic mass is 16.5. The molecule has 2 nitrogen and oxygen atoms in total. The molecule has 4 heteroatoms. The van der Waals surface area contributed by atoms with Crippen LogP contribution in [-0.4, -0.2) is 28.9 Å². The van der Waals surface area contributed by atoms with E-state index < -0.39 is 0 Å². The Hall–Kier alpha value is -3.39. The summed E-state index contributed by atoms with van der Waals surface area (Å²) in [5.41, 5.74) is 14.1. The fraction of sp³-hybridized carbons (Fsp3) is 0.333. The van der Waals surface area contributed by atoms with Crippen LogP contribution >= 0.6 is 0 Å². The molecule has 40 heavy (non-hydrogen) atoms. The van der Waals surface area contributed by atoms with Gasteiger partial charge < -0.3 is 9.47 Å². The van der Waals surface area contributed by atoms with Gasteiger partial charge in [-0.15, -0.1) is 0 Å². The summed E-state index contributed by atoms with van der Waals surface area (Å²) in [5, 5.41) is 0. The summed E-state index contributed by atoms with van der Waals surface area (Å²) in [4.78, 5) is 0. The molecular formula is C36H40B2O2. The molecule has 0 radical (unpaired) electrons. The summed E-state index contributed by atoms with van der Waals surface area (Å²) in [6.07, 6.45) is 2.17. The molecule has 4 aromatic carbocycles. The van der Waals surface area contributed by atoms with Crippen LogP contribution in [-0.2, 0) is 5.41 Å². The highest BCUT2D eigenvalue weighted by Gasteiger charge is 2.52. The first kappa shape index (κ1) is 26.8. The van der Waals surface area contributed by atoms with Crippen LogP contribution in [0.25, 0.3) is 22.3 Å². The zero-order chi connectivity index (χ0) is 28.2. The molecule has 4 aromatic rings. The second kappa shape index (κ2) is 10.2. The summed E-state index contributed by atoms with van der Waals surface area (Å²) in [7, 11) is 4.42. The molecule has 0 aromatic heterocycles. The van der Waals surface area contributed by atoms with Gasteiger partial charge >= 0.3 is 0 Å². The van der Waals surface area contributed by atoms with Crippen LogP contribution in [0, 0.1) is 18.8 Å². The monoisotopic (exact) mass is 526 g/mol. The Kier molecular flexibility index (Phi) is 6.85. The molecule has 0 bridgehead atoms. The standard InChI is InChI=1S/C36H40B2O2/c1-6-21(3)19-39-34-17-29-28-11-8-23(5)14-30(28)36(33(29)18-35(34)40-20-22(4)7-2)31-15-24(37)9-12-26(31)27-13-10-25(38)16-32(27)36/h8-18,21-22H,6-7,19-20,37-38H2,1-5H3. The fourth-order valence-corrected chi connectivity index (χ4v) is 6.50. The number of hydrogen-bond acceptors (Lipinski definition) is 2. The maximum atomic E-state index is 6.60. The van der Waals surface area contributed by atoms with Gasteiger partial charge in [0.2, 0.25) is 0 Å². The van der Waals surface area contributed by atoms with Crippen LogP contribution in [0.3, 0.4) is 0 Å². The Morgan fingerprint density at radius 3 is 1.60 bits per heavy atom. The van der Waals surface area contributed by atoms with Crippen LogP contribution in [0.1, 0.15) is 68.4 Å². The predicted octanol–water partition coefficient (Wildman–Crippen LogP) is 5.71. The highest BCUT2D eigenvalue weighted by Crippen LogP contribution is 2.63. The molecule has 0 saturated carbocycles. The van der Waals surface area contributed by atoms with Crippen molar-refractivity contribution in [2.45, 2.75) is 52.9 Å². The first-order chi connectivity index (χ1) is 19.3. The van der Waals surface area contributed by atoms with Gasteiger partial charge in [0.15, 0.2) is 11.5 Å². The number of rotatable bonds is 8. The molecule has 0 saturated heterocycles. The van der Waals surface area contributed by atoms with Crippen molar-refractivity contribution < 1.29 is 9.47 Å². The molecule has 2 aliphatic carbocycles. The number of hydrogen-bond donors (Lipinski definition) is 0. The summed E-state index contributed by atoms with van der Waals surface area (Å²) in [5.74, 6) is 2.68. The second-order valence-corrected chi connectivity index (χ2v) is 12.4. The van der Waals surface area contributed by atoms with E-state index in [0.29, 0.717) is 25.0 Å². The van der Waals surface area contributed by atoms with Crippen LogP contribution < -0.4 is 20.4 Å². The van der Waals surface area contributed by atoms with E-state index in [1.165, 1.54) is 61.0 Å². The lowest BCUT2D eigenvalue weighted by atomic mass is 9.69. The van der Waals surface area contributed by atoms with Crippen molar-refractivity contribution in [1.82, 2.24) is 0 Å². The average Bonchev–Trinajstić information content (AvgIpc) is 3.38. The largest absolute Gasteiger partial charge is 0.489 e. The molecule has 0 heterocycles. The fourth-order valence-electron chi connectivity index (χ4n) is 6.50. The summed E-state index contributed by atoms with van der Waals surface area (Å²) in [6, 6.07) is 25.6. The molecule has 0 fully saturated rings. The van der Waals surface area contributed by atoms with Gasteiger partial charge in [-0.2, -0.15) is 0 Å². The molecule has 2 aliphatic rings. The average molecular weight is 526 g/mol. The molecule has 0 aliphatic heterocycles. The Bertz CT molecular complexity index is 1550. The van der Waals surface area contributed by atoms with Crippen LogP contribution in [0.15, 0.2) is 66.7 Å². The molecule has 2 atom stereocenters. The third-order valence-electron chi connectivity index (χ3n) is 9.25. The van der Waals surface area contributed by atoms with E-state index in [1.807, 2.05) is 0 Å². The minimum Gasteiger partial charge on any atom is -0.489 e. The zero-order valence-corrected chi connectivity index (χ0v) is 25.2. The molecule has 6 rings (SSSR count). The van der Waals surface area contributed by atoms with Crippen LogP contribution in [0.5, 0.6) is 11.5 Å². The Balaban J connectivity index is 1.66. The van der Waals surface area contributed by atoms with Crippen molar-refractivity contribution in [3.63, 3.8) is 0 Å². The topological polar surface area (TPSA) is 18.5 Å². The van der Waals surface area contributed by atoms with Gasteiger partial charge in [0, 0.05) is 0 Å². The van der Waals surface area contributed by atoms with E-state index in [2.05, 4.69) is 117 Å². The predicted molar refractivity (Wildman–Crippen MR) is 174 cm³/mol. The van der Waals surface area contributed by atoms with E-state index in [4.69, 9.17) is 9.47 Å². The van der Waals surface area contributed by atoms with Gasteiger partial charge in [0.25, 0.3) is 0 Å². The Morgan fingerprint density at radius 1 is 0.600 bits per heavy atom. The van der Waals surface area contributed by atoms with E-state index in [-0.39, 0.29) is 5.41 Å². The quantitative estimate of drug-likeness (QED) is 0.237. The first-order valence-electron chi connectivity index (χ1n) is 15.1. The number of fused-ring (bicyclic) bond motifs is 10. The molecule has 2 unspecified atom stereocenters. The molecule has 202 valence electrons. The molecule has 0 amide bonds. The molecular weight excluding hydrogens is 486 g/mol. The van der Waals surface area contributed by atoms with Gasteiger partial charge in [0.05, 0.1) is 18.6 Å². The van der Waals surface area contributed by atoms with Crippen molar-refractivity contribution in [3.05, 3.63) is 94.5 Å². The van der Waals surface area contributed by atoms with E-state index >= 15 is 0 Å². The minimum absolute atomic E-state index is 0.386. The number of aryl methyl sites for hydroxylation is 1.